The van der Waals surface area contributed by atoms with Gasteiger partial charge in [-0.25, -0.2) is 4.79 Å². The Morgan fingerprint density at radius 1 is 1.00 bits per heavy atom. The van der Waals surface area contributed by atoms with Crippen LogP contribution in [0.4, 0.5) is 0 Å². The van der Waals surface area contributed by atoms with E-state index in [4.69, 9.17) is 23.7 Å². The zero-order chi connectivity index (χ0) is 39.1. The standard InChI is InChI=1S/C42H56N2O11/c1-23(46)36(39(49)43-29(22-45)16-18-35(47)54-41(2,3)4)44-38(48)26-20-33(37-34(21-26)53-42(55-37,27-12-13-27)28-14-15-28)52-40(50)30-8-6-5-7-25(30)11-9-24-10-17-31-32(19-24)51-31/h5-9,11,21,23-24,27-29,31-34,36-37,45-46H,10,12-20,22H2,1-4H3,(H,43,49)(H,44,48)/t23-,24?,29-,31?,32?,33+,34+,36+,37-/m0/s1. The Bertz CT molecular complexity index is 1660. The molecule has 1 aromatic carbocycles. The Morgan fingerprint density at radius 3 is 2.38 bits per heavy atom. The minimum Gasteiger partial charge on any atom is -0.460 e. The number of fused-ring (bicyclic) bond motifs is 2. The predicted octanol–water partition coefficient (Wildman–Crippen LogP) is 3.89. The van der Waals surface area contributed by atoms with Gasteiger partial charge in [0.15, 0.2) is 5.79 Å². The number of carbonyl (C=O) groups excluding carboxylic acids is 4. The summed E-state index contributed by atoms with van der Waals surface area (Å²) in [5.74, 6) is -2.34. The van der Waals surface area contributed by atoms with Crippen molar-refractivity contribution >= 4 is 29.8 Å². The summed E-state index contributed by atoms with van der Waals surface area (Å²) in [4.78, 5) is 53.6. The molecule has 4 N–H and O–H groups in total. The fourth-order valence-corrected chi connectivity index (χ4v) is 8.27. The van der Waals surface area contributed by atoms with E-state index in [0.717, 1.165) is 50.5 Å². The molecule has 3 unspecified atom stereocenters. The minimum absolute atomic E-state index is 0.000545. The first-order valence-corrected chi connectivity index (χ1v) is 20.0. The van der Waals surface area contributed by atoms with E-state index in [-0.39, 0.29) is 36.7 Å². The molecule has 4 aliphatic carbocycles. The van der Waals surface area contributed by atoms with Crippen LogP contribution in [0.1, 0.15) is 108 Å². The molecule has 2 amide bonds. The molecule has 300 valence electrons. The zero-order valence-electron chi connectivity index (χ0n) is 32.2. The Labute approximate surface area is 322 Å². The van der Waals surface area contributed by atoms with Crippen molar-refractivity contribution in [1.82, 2.24) is 10.6 Å². The lowest BCUT2D eigenvalue weighted by Gasteiger charge is -2.32. The van der Waals surface area contributed by atoms with E-state index in [9.17, 15) is 29.4 Å². The van der Waals surface area contributed by atoms with Gasteiger partial charge in [-0.15, -0.1) is 0 Å². The number of amides is 2. The molecule has 2 saturated heterocycles. The van der Waals surface area contributed by atoms with Crippen molar-refractivity contribution in [2.24, 2.45) is 17.8 Å². The highest BCUT2D eigenvalue weighted by molar-refractivity contribution is 5.98. The number of nitrogens with one attached hydrogen (secondary N) is 2. The van der Waals surface area contributed by atoms with Gasteiger partial charge in [-0.05, 0) is 103 Å². The number of aliphatic hydroxyl groups is 2. The summed E-state index contributed by atoms with van der Waals surface area (Å²) in [6.45, 7) is 6.15. The first-order valence-electron chi connectivity index (χ1n) is 20.0. The molecule has 3 saturated carbocycles. The van der Waals surface area contributed by atoms with E-state index in [1.165, 1.54) is 6.92 Å². The van der Waals surface area contributed by atoms with E-state index in [2.05, 4.69) is 16.7 Å². The maximum atomic E-state index is 14.0. The number of benzene rings is 1. The van der Waals surface area contributed by atoms with Crippen molar-refractivity contribution in [3.8, 4) is 0 Å². The van der Waals surface area contributed by atoms with Gasteiger partial charge in [-0.1, -0.05) is 30.4 Å². The largest absolute Gasteiger partial charge is 0.460 e. The first-order chi connectivity index (χ1) is 26.2. The van der Waals surface area contributed by atoms with E-state index in [1.807, 2.05) is 18.2 Å². The molecule has 13 nitrogen and oxygen atoms in total. The quantitative estimate of drug-likeness (QED) is 0.150. The molecule has 2 aliphatic heterocycles. The zero-order valence-corrected chi connectivity index (χ0v) is 32.2. The molecule has 1 aromatic rings. The van der Waals surface area contributed by atoms with Crippen LogP contribution in [0.2, 0.25) is 0 Å². The molecule has 9 atom stereocenters. The molecule has 0 radical (unpaired) electrons. The number of hydrogen-bond donors (Lipinski definition) is 4. The van der Waals surface area contributed by atoms with E-state index in [1.54, 1.807) is 39.0 Å². The number of epoxide rings is 1. The van der Waals surface area contributed by atoms with Crippen LogP contribution in [-0.2, 0) is 38.1 Å². The summed E-state index contributed by atoms with van der Waals surface area (Å²) >= 11 is 0. The Kier molecular flexibility index (Phi) is 11.6. The molecule has 6 aliphatic rings. The van der Waals surface area contributed by atoms with Crippen LogP contribution in [-0.4, -0.2) is 101 Å². The lowest BCUT2D eigenvalue weighted by atomic mass is 9.88. The van der Waals surface area contributed by atoms with Gasteiger partial charge in [0.25, 0.3) is 0 Å². The summed E-state index contributed by atoms with van der Waals surface area (Å²) in [7, 11) is 0. The maximum absolute atomic E-state index is 14.0. The van der Waals surface area contributed by atoms with Crippen molar-refractivity contribution in [3.63, 3.8) is 0 Å². The SMILES string of the molecule is C[C@H](O)[C@@H](NC(=O)C1=C[C@H]2OC(C3CC3)(C3CC3)O[C@H]2[C@H](OC(=O)c2ccccc2C=CC2CCC3OC3C2)C1)C(=O)N[C@H](CO)CCC(=O)OC(C)(C)C. The average Bonchev–Trinajstić information content (AvgIpc) is 4.01. The number of aliphatic hydroxyl groups excluding tert-OH is 2. The fourth-order valence-electron chi connectivity index (χ4n) is 8.27. The minimum atomic E-state index is -1.39. The highest BCUT2D eigenvalue weighted by Crippen LogP contribution is 2.59. The lowest BCUT2D eigenvalue weighted by molar-refractivity contribution is -0.209. The van der Waals surface area contributed by atoms with Gasteiger partial charge in [0.1, 0.15) is 30.0 Å². The van der Waals surface area contributed by atoms with Crippen LogP contribution < -0.4 is 10.6 Å². The van der Waals surface area contributed by atoms with Crippen molar-refractivity contribution < 1.29 is 53.1 Å². The van der Waals surface area contributed by atoms with Crippen LogP contribution in [0.15, 0.2) is 42.0 Å². The van der Waals surface area contributed by atoms with Crippen LogP contribution >= 0.6 is 0 Å². The van der Waals surface area contributed by atoms with Gasteiger partial charge < -0.3 is 44.5 Å². The summed E-state index contributed by atoms with van der Waals surface area (Å²) in [5.41, 5.74) is 0.691. The van der Waals surface area contributed by atoms with Crippen LogP contribution in [0.25, 0.3) is 6.08 Å². The van der Waals surface area contributed by atoms with Gasteiger partial charge >= 0.3 is 11.9 Å². The topological polar surface area (TPSA) is 182 Å². The predicted molar refractivity (Wildman–Crippen MR) is 199 cm³/mol. The third-order valence-electron chi connectivity index (χ3n) is 11.5. The fraction of sp³-hybridized carbons (Fsp3) is 0.667. The Balaban J connectivity index is 1.05. The van der Waals surface area contributed by atoms with Gasteiger partial charge in [0, 0.05) is 30.3 Å². The summed E-state index contributed by atoms with van der Waals surface area (Å²) in [6.07, 6.45) is 10.1. The second-order valence-corrected chi connectivity index (χ2v) is 17.2. The van der Waals surface area contributed by atoms with Crippen molar-refractivity contribution in [1.29, 1.82) is 0 Å². The molecule has 0 aromatic heterocycles. The number of hydrogen-bond acceptors (Lipinski definition) is 11. The van der Waals surface area contributed by atoms with Crippen molar-refractivity contribution in [3.05, 3.63) is 53.1 Å². The van der Waals surface area contributed by atoms with Crippen molar-refractivity contribution in [2.45, 2.75) is 152 Å². The molecule has 5 fully saturated rings. The van der Waals surface area contributed by atoms with Gasteiger partial charge in [0.2, 0.25) is 11.8 Å². The second kappa shape index (κ2) is 16.1. The van der Waals surface area contributed by atoms with Crippen LogP contribution in [0.5, 0.6) is 0 Å². The number of ether oxygens (including phenoxy) is 5. The Hall–Kier alpha value is -3.62. The molecule has 55 heavy (non-hydrogen) atoms. The first kappa shape index (κ1) is 39.6. The average molecular weight is 765 g/mol. The lowest BCUT2D eigenvalue weighted by Crippen LogP contribution is -2.55. The Morgan fingerprint density at radius 2 is 1.73 bits per heavy atom. The third-order valence-corrected chi connectivity index (χ3v) is 11.5. The van der Waals surface area contributed by atoms with E-state index >= 15 is 0 Å². The number of esters is 2. The smallest absolute Gasteiger partial charge is 0.339 e. The van der Waals surface area contributed by atoms with E-state index < -0.39 is 78.2 Å². The second-order valence-electron chi connectivity index (χ2n) is 17.2. The van der Waals surface area contributed by atoms with Crippen molar-refractivity contribution in [2.75, 3.05) is 6.61 Å². The molecule has 7 rings (SSSR count). The van der Waals surface area contributed by atoms with Crippen LogP contribution in [0, 0.1) is 17.8 Å². The van der Waals surface area contributed by atoms with Crippen LogP contribution in [0.3, 0.4) is 0 Å². The molecular formula is C42H56N2O11. The molecule has 2 heterocycles. The third kappa shape index (κ3) is 9.51. The molecule has 0 spiro atoms. The summed E-state index contributed by atoms with van der Waals surface area (Å²) in [5, 5.41) is 25.9. The normalized spacial score (nSPS) is 29.9. The van der Waals surface area contributed by atoms with E-state index in [0.29, 0.717) is 23.7 Å². The molecule has 0 bridgehead atoms. The highest BCUT2D eigenvalue weighted by atomic mass is 16.8. The molecular weight excluding hydrogens is 708 g/mol. The highest BCUT2D eigenvalue weighted by Gasteiger charge is 2.64. The summed E-state index contributed by atoms with van der Waals surface area (Å²) in [6, 6.07) is 5.08. The maximum Gasteiger partial charge on any atom is 0.339 e. The number of allylic oxidation sites excluding steroid dienone is 1. The number of rotatable bonds is 15. The number of carbonyl (C=O) groups is 4. The molecule has 13 heteroatoms. The summed E-state index contributed by atoms with van der Waals surface area (Å²) < 4.78 is 30.7. The van der Waals surface area contributed by atoms with Gasteiger partial charge in [-0.3, -0.25) is 14.4 Å². The van der Waals surface area contributed by atoms with Gasteiger partial charge in [-0.2, -0.15) is 0 Å². The monoisotopic (exact) mass is 764 g/mol. The van der Waals surface area contributed by atoms with Gasteiger partial charge in [0.05, 0.1) is 36.5 Å².